The van der Waals surface area contributed by atoms with E-state index >= 15 is 0 Å². The second-order valence-corrected chi connectivity index (χ2v) is 3.19. The Bertz CT molecular complexity index is 180. The van der Waals surface area contributed by atoms with Crippen LogP contribution in [0.5, 0.6) is 0 Å². The van der Waals surface area contributed by atoms with E-state index in [-0.39, 0.29) is 5.92 Å². The lowest BCUT2D eigenvalue weighted by Crippen LogP contribution is -2.18. The summed E-state index contributed by atoms with van der Waals surface area (Å²) in [5, 5.41) is 9.45. The minimum absolute atomic E-state index is 0.0781. The van der Waals surface area contributed by atoms with Crippen LogP contribution in [0.2, 0.25) is 0 Å². The van der Waals surface area contributed by atoms with Gasteiger partial charge in [-0.1, -0.05) is 25.2 Å². The molecule has 0 bridgehead atoms. The van der Waals surface area contributed by atoms with Crippen LogP contribution in [0, 0.1) is 5.92 Å². The molecule has 2 nitrogen and oxygen atoms in total. The first kappa shape index (κ1) is 11.1. The van der Waals surface area contributed by atoms with Crippen molar-refractivity contribution in [1.82, 2.24) is 0 Å². The molecule has 0 radical (unpaired) electrons. The molecule has 2 unspecified atom stereocenters. The van der Waals surface area contributed by atoms with Crippen LogP contribution in [0.3, 0.4) is 0 Å². The Morgan fingerprint density at radius 3 is 2.67 bits per heavy atom. The first-order valence-electron chi connectivity index (χ1n) is 4.00. The van der Waals surface area contributed by atoms with Crippen LogP contribution in [0.4, 0.5) is 0 Å². The minimum Gasteiger partial charge on any atom is -0.386 e. The lowest BCUT2D eigenvalue weighted by Gasteiger charge is -2.15. The summed E-state index contributed by atoms with van der Waals surface area (Å²) in [5.74, 6) is -0.0781. The summed E-state index contributed by atoms with van der Waals surface area (Å²) in [6, 6.07) is 0. The maximum Gasteiger partial charge on any atom is 0.126 e. The third-order valence-electron chi connectivity index (χ3n) is 1.63. The molecule has 0 aliphatic heterocycles. The average molecular weight is 168 g/mol. The Balaban J connectivity index is 3.89. The highest BCUT2D eigenvalue weighted by atomic mass is 16.3. The Morgan fingerprint density at radius 2 is 2.25 bits per heavy atom. The number of aldehydes is 1. The highest BCUT2D eigenvalue weighted by molar-refractivity contribution is 5.55. The minimum atomic E-state index is -0.862. The van der Waals surface area contributed by atoms with Crippen molar-refractivity contribution in [3.8, 4) is 0 Å². The maximum atomic E-state index is 10.2. The number of allylic oxidation sites excluding steroid dienone is 1. The topological polar surface area (TPSA) is 37.3 Å². The standard InChI is InChI=1S/C10H16O2/c1-4-10(3,12)7-5-6-9(2)8-11/h4-6,8-9,12H,1,7H2,2-3H3. The molecule has 68 valence electrons. The molecule has 2 atom stereocenters. The molecule has 0 heterocycles. The predicted octanol–water partition coefficient (Wildman–Crippen LogP) is 1.70. The number of hydrogen-bond donors (Lipinski definition) is 1. The molecular weight excluding hydrogens is 152 g/mol. The molecule has 0 spiro atoms. The van der Waals surface area contributed by atoms with Crippen LogP contribution in [-0.4, -0.2) is 17.0 Å². The van der Waals surface area contributed by atoms with E-state index in [2.05, 4.69) is 6.58 Å². The van der Waals surface area contributed by atoms with Crippen molar-refractivity contribution in [1.29, 1.82) is 0 Å². The molecule has 0 amide bonds. The summed E-state index contributed by atoms with van der Waals surface area (Å²) < 4.78 is 0. The Morgan fingerprint density at radius 1 is 1.67 bits per heavy atom. The Kier molecular flexibility index (Phi) is 4.52. The van der Waals surface area contributed by atoms with Crippen molar-refractivity contribution in [3.63, 3.8) is 0 Å². The molecule has 12 heavy (non-hydrogen) atoms. The van der Waals surface area contributed by atoms with Gasteiger partial charge in [0, 0.05) is 5.92 Å². The number of aliphatic hydroxyl groups is 1. The van der Waals surface area contributed by atoms with Crippen molar-refractivity contribution in [2.45, 2.75) is 25.9 Å². The predicted molar refractivity (Wildman–Crippen MR) is 49.8 cm³/mol. The molecule has 0 aliphatic carbocycles. The van der Waals surface area contributed by atoms with Gasteiger partial charge in [0.25, 0.3) is 0 Å². The second-order valence-electron chi connectivity index (χ2n) is 3.19. The smallest absolute Gasteiger partial charge is 0.126 e. The van der Waals surface area contributed by atoms with Crippen molar-refractivity contribution >= 4 is 6.29 Å². The van der Waals surface area contributed by atoms with E-state index in [0.29, 0.717) is 6.42 Å². The van der Waals surface area contributed by atoms with Gasteiger partial charge in [0.2, 0.25) is 0 Å². The number of carbonyl (C=O) groups is 1. The highest BCUT2D eigenvalue weighted by Crippen LogP contribution is 2.11. The third-order valence-corrected chi connectivity index (χ3v) is 1.63. The van der Waals surface area contributed by atoms with Gasteiger partial charge < -0.3 is 9.90 Å². The van der Waals surface area contributed by atoms with Gasteiger partial charge in [0.15, 0.2) is 0 Å². The van der Waals surface area contributed by atoms with Crippen LogP contribution in [-0.2, 0) is 4.79 Å². The van der Waals surface area contributed by atoms with Gasteiger partial charge in [-0.2, -0.15) is 0 Å². The molecule has 0 aliphatic rings. The van der Waals surface area contributed by atoms with E-state index in [1.807, 2.05) is 0 Å². The van der Waals surface area contributed by atoms with Crippen molar-refractivity contribution in [2.75, 3.05) is 0 Å². The Labute approximate surface area is 73.6 Å². The molecule has 0 rings (SSSR count). The van der Waals surface area contributed by atoms with Crippen molar-refractivity contribution < 1.29 is 9.90 Å². The van der Waals surface area contributed by atoms with Gasteiger partial charge in [-0.15, -0.1) is 6.58 Å². The lowest BCUT2D eigenvalue weighted by molar-refractivity contribution is -0.109. The van der Waals surface area contributed by atoms with Gasteiger partial charge in [-0.05, 0) is 13.3 Å². The first-order chi connectivity index (χ1) is 5.52. The van der Waals surface area contributed by atoms with E-state index in [1.165, 1.54) is 6.08 Å². The highest BCUT2D eigenvalue weighted by Gasteiger charge is 2.11. The summed E-state index contributed by atoms with van der Waals surface area (Å²) >= 11 is 0. The summed E-state index contributed by atoms with van der Waals surface area (Å²) in [7, 11) is 0. The lowest BCUT2D eigenvalue weighted by atomic mass is 10.0. The van der Waals surface area contributed by atoms with Gasteiger partial charge in [0.1, 0.15) is 6.29 Å². The fourth-order valence-corrected chi connectivity index (χ4v) is 0.650. The zero-order valence-corrected chi connectivity index (χ0v) is 7.66. The fourth-order valence-electron chi connectivity index (χ4n) is 0.650. The number of carbonyl (C=O) groups excluding carboxylic acids is 1. The normalized spacial score (nSPS) is 18.6. The molecule has 0 aromatic heterocycles. The molecule has 0 aromatic rings. The van der Waals surface area contributed by atoms with Crippen LogP contribution in [0.1, 0.15) is 20.3 Å². The zero-order valence-electron chi connectivity index (χ0n) is 7.66. The quantitative estimate of drug-likeness (QED) is 0.501. The molecule has 0 saturated carbocycles. The number of rotatable bonds is 5. The largest absolute Gasteiger partial charge is 0.386 e. The van der Waals surface area contributed by atoms with Crippen LogP contribution in [0.15, 0.2) is 24.8 Å². The summed E-state index contributed by atoms with van der Waals surface area (Å²) in [6.45, 7) is 6.97. The number of hydrogen-bond acceptors (Lipinski definition) is 2. The van der Waals surface area contributed by atoms with E-state index in [1.54, 1.807) is 26.0 Å². The molecular formula is C10H16O2. The molecule has 0 aromatic carbocycles. The molecule has 0 fully saturated rings. The van der Waals surface area contributed by atoms with Gasteiger partial charge in [0.05, 0.1) is 5.60 Å². The molecule has 0 saturated heterocycles. The van der Waals surface area contributed by atoms with Gasteiger partial charge >= 0.3 is 0 Å². The van der Waals surface area contributed by atoms with E-state index in [9.17, 15) is 9.90 Å². The van der Waals surface area contributed by atoms with Gasteiger partial charge in [-0.25, -0.2) is 0 Å². The molecule has 1 N–H and O–H groups in total. The van der Waals surface area contributed by atoms with Crippen molar-refractivity contribution in [3.05, 3.63) is 24.8 Å². The van der Waals surface area contributed by atoms with E-state index in [0.717, 1.165) is 6.29 Å². The average Bonchev–Trinajstić information content (AvgIpc) is 2.04. The Hall–Kier alpha value is -0.890. The monoisotopic (exact) mass is 168 g/mol. The zero-order chi connectivity index (χ0) is 9.61. The van der Waals surface area contributed by atoms with Crippen LogP contribution < -0.4 is 0 Å². The van der Waals surface area contributed by atoms with Crippen LogP contribution >= 0.6 is 0 Å². The maximum absolute atomic E-state index is 10.2. The SMILES string of the molecule is C=CC(C)(O)CC=CC(C)C=O. The van der Waals surface area contributed by atoms with Crippen LogP contribution in [0.25, 0.3) is 0 Å². The van der Waals surface area contributed by atoms with Crippen molar-refractivity contribution in [2.24, 2.45) is 5.92 Å². The summed E-state index contributed by atoms with van der Waals surface area (Å²) in [4.78, 5) is 10.2. The fraction of sp³-hybridized carbons (Fsp3) is 0.500. The van der Waals surface area contributed by atoms with Gasteiger partial charge in [-0.3, -0.25) is 0 Å². The molecule has 2 heteroatoms. The summed E-state index contributed by atoms with van der Waals surface area (Å²) in [6.07, 6.45) is 6.41. The first-order valence-corrected chi connectivity index (χ1v) is 4.00. The summed E-state index contributed by atoms with van der Waals surface area (Å²) in [5.41, 5.74) is -0.862. The second kappa shape index (κ2) is 4.88. The van der Waals surface area contributed by atoms with E-state index in [4.69, 9.17) is 0 Å². The third kappa shape index (κ3) is 4.85. The van der Waals surface area contributed by atoms with E-state index < -0.39 is 5.60 Å².